The molecule has 0 radical (unpaired) electrons. The Morgan fingerprint density at radius 2 is 1.69 bits per heavy atom. The molecule has 0 saturated carbocycles. The summed E-state index contributed by atoms with van der Waals surface area (Å²) in [6.07, 6.45) is 0. The van der Waals surface area contributed by atoms with E-state index in [1.54, 1.807) is 45.2 Å². The number of hydrogen-bond acceptors (Lipinski definition) is 6. The van der Waals surface area contributed by atoms with Crippen molar-refractivity contribution in [2.75, 3.05) is 7.11 Å². The van der Waals surface area contributed by atoms with Gasteiger partial charge in [0.25, 0.3) is 11.8 Å². The molecular formula is C23H23N5O4. The molecule has 0 saturated heterocycles. The Labute approximate surface area is 184 Å². The first-order valence-corrected chi connectivity index (χ1v) is 10.2. The summed E-state index contributed by atoms with van der Waals surface area (Å²) in [6.45, 7) is 3.67. The Morgan fingerprint density at radius 3 is 2.25 bits per heavy atom. The summed E-state index contributed by atoms with van der Waals surface area (Å²) in [7, 11) is 1.59. The van der Waals surface area contributed by atoms with Crippen LogP contribution < -0.4 is 10.1 Å². The van der Waals surface area contributed by atoms with E-state index in [0.717, 1.165) is 16.2 Å². The van der Waals surface area contributed by atoms with Gasteiger partial charge in [-0.2, -0.15) is 5.10 Å². The standard InChI is InChI=1S/C23H23N5O4/c1-13(2)19(28-22(30)16-6-4-5-7-17(16)23(28)31)21(29)24-12-18-25-20(27-26-18)14-8-10-15(32-3)11-9-14/h4-11,13,19H,12H2,1-3H3,(H,24,29)(H,25,26,27). The Kier molecular flexibility index (Phi) is 5.72. The van der Waals surface area contributed by atoms with Crippen molar-refractivity contribution in [2.45, 2.75) is 26.4 Å². The molecule has 2 heterocycles. The lowest BCUT2D eigenvalue weighted by Crippen LogP contribution is -2.52. The van der Waals surface area contributed by atoms with Gasteiger partial charge in [0.05, 0.1) is 24.8 Å². The van der Waals surface area contributed by atoms with E-state index in [2.05, 4.69) is 20.5 Å². The maximum atomic E-state index is 13.0. The van der Waals surface area contributed by atoms with Gasteiger partial charge in [0.1, 0.15) is 17.6 Å². The molecule has 2 aromatic carbocycles. The number of aromatic amines is 1. The van der Waals surface area contributed by atoms with Crippen LogP contribution >= 0.6 is 0 Å². The maximum Gasteiger partial charge on any atom is 0.262 e. The molecule has 1 unspecified atom stereocenters. The third kappa shape index (κ3) is 3.84. The molecule has 1 aliphatic rings. The SMILES string of the molecule is COc1ccc(-c2n[nH]c(CNC(=O)C(C(C)C)N3C(=O)c4ccccc4C3=O)n2)cc1. The molecular weight excluding hydrogens is 410 g/mol. The van der Waals surface area contributed by atoms with Crippen LogP contribution in [0.4, 0.5) is 0 Å². The zero-order valence-corrected chi connectivity index (χ0v) is 18.0. The molecule has 9 heteroatoms. The van der Waals surface area contributed by atoms with Crippen molar-refractivity contribution in [3.05, 3.63) is 65.5 Å². The average molecular weight is 433 g/mol. The monoisotopic (exact) mass is 433 g/mol. The predicted molar refractivity (Wildman–Crippen MR) is 116 cm³/mol. The fourth-order valence-electron chi connectivity index (χ4n) is 3.70. The zero-order valence-electron chi connectivity index (χ0n) is 18.0. The Balaban J connectivity index is 1.46. The Hall–Kier alpha value is -4.01. The number of amides is 3. The molecule has 4 rings (SSSR count). The lowest BCUT2D eigenvalue weighted by molar-refractivity contribution is -0.126. The van der Waals surface area contributed by atoms with Crippen LogP contribution in [0.15, 0.2) is 48.5 Å². The molecule has 0 aliphatic carbocycles. The highest BCUT2D eigenvalue weighted by Crippen LogP contribution is 2.27. The van der Waals surface area contributed by atoms with Crippen molar-refractivity contribution >= 4 is 17.7 Å². The van der Waals surface area contributed by atoms with Crippen LogP contribution in [0.1, 0.15) is 40.4 Å². The first-order chi connectivity index (χ1) is 15.4. The number of nitrogens with zero attached hydrogens (tertiary/aromatic N) is 3. The van der Waals surface area contributed by atoms with Gasteiger partial charge in [-0.3, -0.25) is 24.4 Å². The van der Waals surface area contributed by atoms with E-state index < -0.39 is 23.8 Å². The number of carbonyl (C=O) groups excluding carboxylic acids is 3. The molecule has 3 amide bonds. The minimum atomic E-state index is -0.939. The van der Waals surface area contributed by atoms with Crippen LogP contribution in [0, 0.1) is 5.92 Å². The minimum Gasteiger partial charge on any atom is -0.497 e. The molecule has 2 N–H and O–H groups in total. The highest BCUT2D eigenvalue weighted by Gasteiger charge is 2.43. The number of fused-ring (bicyclic) bond motifs is 1. The van der Waals surface area contributed by atoms with Crippen LogP contribution in [0.5, 0.6) is 5.75 Å². The molecule has 164 valence electrons. The Bertz CT molecular complexity index is 1130. The molecule has 0 fully saturated rings. The summed E-state index contributed by atoms with van der Waals surface area (Å²) in [4.78, 5) is 44.1. The van der Waals surface area contributed by atoms with Crippen LogP contribution in [0.2, 0.25) is 0 Å². The second-order valence-electron chi connectivity index (χ2n) is 7.77. The van der Waals surface area contributed by atoms with Gasteiger partial charge in [-0.15, -0.1) is 0 Å². The lowest BCUT2D eigenvalue weighted by atomic mass is 10.0. The molecule has 0 spiro atoms. The van der Waals surface area contributed by atoms with E-state index in [9.17, 15) is 14.4 Å². The summed E-state index contributed by atoms with van der Waals surface area (Å²) >= 11 is 0. The van der Waals surface area contributed by atoms with Gasteiger partial charge in [0.2, 0.25) is 5.91 Å². The minimum absolute atomic E-state index is 0.0778. The highest BCUT2D eigenvalue weighted by molar-refractivity contribution is 6.22. The van der Waals surface area contributed by atoms with Gasteiger partial charge in [0.15, 0.2) is 5.82 Å². The van der Waals surface area contributed by atoms with Gasteiger partial charge in [-0.05, 0) is 42.3 Å². The normalized spacial score (nSPS) is 13.9. The zero-order chi connectivity index (χ0) is 22.8. The average Bonchev–Trinajstić information content (AvgIpc) is 3.37. The first kappa shape index (κ1) is 21.2. The molecule has 1 aliphatic heterocycles. The third-order valence-corrected chi connectivity index (χ3v) is 5.31. The quantitative estimate of drug-likeness (QED) is 0.553. The fourth-order valence-corrected chi connectivity index (χ4v) is 3.70. The number of methoxy groups -OCH3 is 1. The predicted octanol–water partition coefficient (Wildman–Crippen LogP) is 2.42. The highest BCUT2D eigenvalue weighted by atomic mass is 16.5. The summed E-state index contributed by atoms with van der Waals surface area (Å²) < 4.78 is 5.15. The number of benzene rings is 2. The fraction of sp³-hybridized carbons (Fsp3) is 0.261. The maximum absolute atomic E-state index is 13.0. The van der Waals surface area contributed by atoms with Crippen molar-refractivity contribution in [1.82, 2.24) is 25.4 Å². The number of H-pyrrole nitrogens is 1. The smallest absolute Gasteiger partial charge is 0.262 e. The number of rotatable bonds is 7. The van der Waals surface area contributed by atoms with Crippen molar-refractivity contribution in [3.8, 4) is 17.1 Å². The molecule has 32 heavy (non-hydrogen) atoms. The second kappa shape index (κ2) is 8.62. The number of nitrogens with one attached hydrogen (secondary N) is 2. The topological polar surface area (TPSA) is 117 Å². The third-order valence-electron chi connectivity index (χ3n) is 5.31. The van der Waals surface area contributed by atoms with E-state index in [1.165, 1.54) is 0 Å². The molecule has 3 aromatic rings. The van der Waals surface area contributed by atoms with Gasteiger partial charge in [-0.1, -0.05) is 26.0 Å². The largest absolute Gasteiger partial charge is 0.497 e. The first-order valence-electron chi connectivity index (χ1n) is 10.2. The summed E-state index contributed by atoms with van der Waals surface area (Å²) in [5.74, 6) is 0.0388. The van der Waals surface area contributed by atoms with E-state index in [0.29, 0.717) is 22.8 Å². The van der Waals surface area contributed by atoms with Crippen LogP contribution in [-0.2, 0) is 11.3 Å². The van der Waals surface area contributed by atoms with Crippen molar-refractivity contribution in [1.29, 1.82) is 0 Å². The van der Waals surface area contributed by atoms with Crippen LogP contribution in [0.3, 0.4) is 0 Å². The van der Waals surface area contributed by atoms with Crippen LogP contribution in [0.25, 0.3) is 11.4 Å². The van der Waals surface area contributed by atoms with Crippen molar-refractivity contribution in [2.24, 2.45) is 5.92 Å². The van der Waals surface area contributed by atoms with Gasteiger partial charge >= 0.3 is 0 Å². The van der Waals surface area contributed by atoms with E-state index in [-0.39, 0.29) is 12.5 Å². The number of carbonyl (C=O) groups is 3. The van der Waals surface area contributed by atoms with E-state index in [4.69, 9.17) is 4.74 Å². The molecule has 1 aromatic heterocycles. The summed E-state index contributed by atoms with van der Waals surface area (Å²) in [5, 5.41) is 9.75. The molecule has 9 nitrogen and oxygen atoms in total. The van der Waals surface area contributed by atoms with Gasteiger partial charge in [0, 0.05) is 5.56 Å². The van der Waals surface area contributed by atoms with Crippen molar-refractivity contribution < 1.29 is 19.1 Å². The number of ether oxygens (including phenoxy) is 1. The van der Waals surface area contributed by atoms with E-state index >= 15 is 0 Å². The Morgan fingerprint density at radius 1 is 1.06 bits per heavy atom. The van der Waals surface area contributed by atoms with Gasteiger partial charge in [-0.25, -0.2) is 4.98 Å². The number of hydrogen-bond donors (Lipinski definition) is 2. The summed E-state index contributed by atoms with van der Waals surface area (Å²) in [5.41, 5.74) is 1.43. The number of imide groups is 1. The second-order valence-corrected chi connectivity index (χ2v) is 7.77. The summed E-state index contributed by atoms with van der Waals surface area (Å²) in [6, 6.07) is 12.9. The van der Waals surface area contributed by atoms with Crippen LogP contribution in [-0.4, -0.2) is 51.0 Å². The molecule has 1 atom stereocenters. The lowest BCUT2D eigenvalue weighted by Gasteiger charge is -2.28. The van der Waals surface area contributed by atoms with Gasteiger partial charge < -0.3 is 10.1 Å². The molecule has 0 bridgehead atoms. The van der Waals surface area contributed by atoms with Crippen molar-refractivity contribution in [3.63, 3.8) is 0 Å². The number of aromatic nitrogens is 3. The van der Waals surface area contributed by atoms with E-state index in [1.807, 2.05) is 24.3 Å².